The van der Waals surface area contributed by atoms with Crippen molar-refractivity contribution in [3.05, 3.63) is 30.5 Å². The topological polar surface area (TPSA) is 98.5 Å². The average Bonchev–Trinajstić information content (AvgIpc) is 2.45. The number of aromatic nitrogens is 2. The molecule has 0 bridgehead atoms. The van der Waals surface area contributed by atoms with Crippen LogP contribution in [-0.4, -0.2) is 50.9 Å². The first-order valence-electron chi connectivity index (χ1n) is 5.56. The molecule has 0 spiro atoms. The Hall–Kier alpha value is -1.76. The Balaban J connectivity index is 2.42. The van der Waals surface area contributed by atoms with E-state index in [1.165, 1.54) is 0 Å². The summed E-state index contributed by atoms with van der Waals surface area (Å²) in [7, 11) is 0. The number of nitrogens with zero attached hydrogens (tertiary/aromatic N) is 2. The fraction of sp³-hybridized carbons (Fsp3) is 0.333. The van der Waals surface area contributed by atoms with Crippen LogP contribution < -0.4 is 5.32 Å². The molecule has 6 heteroatoms. The first kappa shape index (κ1) is 12.7. The summed E-state index contributed by atoms with van der Waals surface area (Å²) in [4.78, 5) is 0. The number of hydrogen-bond acceptors (Lipinski definition) is 6. The number of nitrogens with one attached hydrogen (secondary N) is 1. The van der Waals surface area contributed by atoms with E-state index < -0.39 is 25.4 Å². The summed E-state index contributed by atoms with van der Waals surface area (Å²) in [6.07, 6.45) is 1.62. The molecule has 0 radical (unpaired) electrons. The highest BCUT2D eigenvalue weighted by Gasteiger charge is 2.28. The van der Waals surface area contributed by atoms with Gasteiger partial charge in [-0.05, 0) is 0 Å². The van der Waals surface area contributed by atoms with Crippen LogP contribution in [0, 0.1) is 0 Å². The minimum atomic E-state index is -1.21. The number of aliphatic hydroxyl groups excluding tert-OH is 3. The van der Waals surface area contributed by atoms with E-state index in [-0.39, 0.29) is 0 Å². The molecular weight excluding hydrogens is 234 g/mol. The highest BCUT2D eigenvalue weighted by molar-refractivity contribution is 5.91. The van der Waals surface area contributed by atoms with Gasteiger partial charge in [0.2, 0.25) is 0 Å². The maximum absolute atomic E-state index is 9.28. The van der Waals surface area contributed by atoms with Gasteiger partial charge in [-0.3, -0.25) is 0 Å². The molecule has 0 saturated heterocycles. The number of aliphatic hydroxyl groups is 3. The molecule has 0 atom stereocenters. The van der Waals surface area contributed by atoms with E-state index in [2.05, 4.69) is 15.5 Å². The van der Waals surface area contributed by atoms with Crippen LogP contribution in [0.4, 0.5) is 5.82 Å². The third-order valence-electron chi connectivity index (χ3n) is 2.86. The monoisotopic (exact) mass is 249 g/mol. The highest BCUT2D eigenvalue weighted by atomic mass is 16.3. The van der Waals surface area contributed by atoms with Gasteiger partial charge in [0.1, 0.15) is 5.54 Å². The molecule has 2 aromatic rings. The summed E-state index contributed by atoms with van der Waals surface area (Å²) in [6.45, 7) is -1.24. The molecular formula is C12H15N3O3. The van der Waals surface area contributed by atoms with Crippen molar-refractivity contribution in [3.63, 3.8) is 0 Å². The lowest BCUT2D eigenvalue weighted by Crippen LogP contribution is -2.49. The summed E-state index contributed by atoms with van der Waals surface area (Å²) >= 11 is 0. The van der Waals surface area contributed by atoms with Gasteiger partial charge >= 0.3 is 0 Å². The van der Waals surface area contributed by atoms with Gasteiger partial charge in [-0.2, -0.15) is 5.10 Å². The molecule has 2 rings (SSSR count). The highest BCUT2D eigenvalue weighted by Crippen LogP contribution is 2.22. The van der Waals surface area contributed by atoms with Crippen molar-refractivity contribution < 1.29 is 15.3 Å². The Kier molecular flexibility index (Phi) is 3.71. The summed E-state index contributed by atoms with van der Waals surface area (Å²) in [5.74, 6) is 0.422. The molecule has 0 unspecified atom stereocenters. The van der Waals surface area contributed by atoms with Crippen LogP contribution in [0.15, 0.2) is 30.5 Å². The minimum Gasteiger partial charge on any atom is -0.394 e. The predicted molar refractivity (Wildman–Crippen MR) is 67.1 cm³/mol. The van der Waals surface area contributed by atoms with Gasteiger partial charge in [0.05, 0.1) is 26.0 Å². The van der Waals surface area contributed by atoms with E-state index in [4.69, 9.17) is 0 Å². The molecule has 1 heterocycles. The van der Waals surface area contributed by atoms with E-state index in [1.807, 2.05) is 24.3 Å². The van der Waals surface area contributed by atoms with Crippen molar-refractivity contribution in [1.29, 1.82) is 0 Å². The first-order chi connectivity index (χ1) is 8.74. The van der Waals surface area contributed by atoms with Crippen LogP contribution in [0.25, 0.3) is 10.8 Å². The maximum atomic E-state index is 9.28. The van der Waals surface area contributed by atoms with E-state index in [0.717, 1.165) is 10.8 Å². The van der Waals surface area contributed by atoms with Crippen LogP contribution >= 0.6 is 0 Å². The zero-order chi connectivity index (χ0) is 13.0. The molecule has 1 aromatic heterocycles. The predicted octanol–water partition coefficient (Wildman–Crippen LogP) is -0.243. The quantitative estimate of drug-likeness (QED) is 0.583. The summed E-state index contributed by atoms with van der Waals surface area (Å²) in [5, 5.41) is 40.2. The van der Waals surface area contributed by atoms with Crippen molar-refractivity contribution in [2.45, 2.75) is 5.54 Å². The molecule has 0 aliphatic carbocycles. The van der Waals surface area contributed by atoms with Crippen LogP contribution in [0.3, 0.4) is 0 Å². The summed E-state index contributed by atoms with van der Waals surface area (Å²) in [5.41, 5.74) is -1.21. The molecule has 0 aliphatic rings. The molecule has 0 amide bonds. The Morgan fingerprint density at radius 1 is 1.06 bits per heavy atom. The molecule has 0 fully saturated rings. The van der Waals surface area contributed by atoms with E-state index >= 15 is 0 Å². The second-order valence-corrected chi connectivity index (χ2v) is 4.16. The van der Waals surface area contributed by atoms with Gasteiger partial charge < -0.3 is 20.6 Å². The fourth-order valence-electron chi connectivity index (χ4n) is 1.64. The Morgan fingerprint density at radius 3 is 2.39 bits per heavy atom. The Labute approximate surface area is 104 Å². The standard InChI is InChI=1S/C12H15N3O3/c16-6-12(7-17,8-18)14-11-10-4-2-1-3-9(10)5-13-15-11/h1-5,16-18H,6-8H2,(H,14,15). The Morgan fingerprint density at radius 2 is 1.72 bits per heavy atom. The molecule has 4 N–H and O–H groups in total. The summed E-state index contributed by atoms with van der Waals surface area (Å²) < 4.78 is 0. The van der Waals surface area contributed by atoms with Crippen LogP contribution in [0.5, 0.6) is 0 Å². The van der Waals surface area contributed by atoms with E-state index in [0.29, 0.717) is 5.82 Å². The second-order valence-electron chi connectivity index (χ2n) is 4.16. The number of fused-ring (bicyclic) bond motifs is 1. The third kappa shape index (κ3) is 2.26. The zero-order valence-corrected chi connectivity index (χ0v) is 9.74. The zero-order valence-electron chi connectivity index (χ0n) is 9.74. The number of hydrogen-bond donors (Lipinski definition) is 4. The first-order valence-corrected chi connectivity index (χ1v) is 5.56. The summed E-state index contributed by atoms with van der Waals surface area (Å²) in [6, 6.07) is 7.47. The average molecular weight is 249 g/mol. The van der Waals surface area contributed by atoms with Gasteiger partial charge in [-0.25, -0.2) is 0 Å². The van der Waals surface area contributed by atoms with Crippen LogP contribution in [-0.2, 0) is 0 Å². The number of anilines is 1. The number of rotatable bonds is 5. The largest absolute Gasteiger partial charge is 0.394 e. The lowest BCUT2D eigenvalue weighted by molar-refractivity contribution is 0.0831. The molecule has 0 aliphatic heterocycles. The minimum absolute atomic E-state index is 0.412. The van der Waals surface area contributed by atoms with Crippen molar-refractivity contribution in [2.75, 3.05) is 25.1 Å². The van der Waals surface area contributed by atoms with Crippen molar-refractivity contribution in [3.8, 4) is 0 Å². The van der Waals surface area contributed by atoms with Crippen LogP contribution in [0.2, 0.25) is 0 Å². The molecule has 0 saturated carbocycles. The van der Waals surface area contributed by atoms with Gasteiger partial charge in [0, 0.05) is 10.8 Å². The second kappa shape index (κ2) is 5.26. The SMILES string of the molecule is OCC(CO)(CO)Nc1nncc2ccccc12. The van der Waals surface area contributed by atoms with Gasteiger partial charge in [0.15, 0.2) is 5.82 Å². The molecule has 18 heavy (non-hydrogen) atoms. The van der Waals surface area contributed by atoms with Gasteiger partial charge in [-0.15, -0.1) is 5.10 Å². The molecule has 1 aromatic carbocycles. The van der Waals surface area contributed by atoms with Gasteiger partial charge in [0.25, 0.3) is 0 Å². The van der Waals surface area contributed by atoms with E-state index in [9.17, 15) is 15.3 Å². The van der Waals surface area contributed by atoms with E-state index in [1.54, 1.807) is 6.20 Å². The third-order valence-corrected chi connectivity index (χ3v) is 2.86. The maximum Gasteiger partial charge on any atom is 0.157 e. The lowest BCUT2D eigenvalue weighted by atomic mass is 10.0. The Bertz CT molecular complexity index is 515. The molecule has 6 nitrogen and oxygen atoms in total. The van der Waals surface area contributed by atoms with Gasteiger partial charge in [-0.1, -0.05) is 24.3 Å². The fourth-order valence-corrected chi connectivity index (χ4v) is 1.64. The van der Waals surface area contributed by atoms with Crippen molar-refractivity contribution in [1.82, 2.24) is 10.2 Å². The van der Waals surface area contributed by atoms with Crippen molar-refractivity contribution in [2.24, 2.45) is 0 Å². The lowest BCUT2D eigenvalue weighted by Gasteiger charge is -2.29. The van der Waals surface area contributed by atoms with Crippen LogP contribution in [0.1, 0.15) is 0 Å². The smallest absolute Gasteiger partial charge is 0.157 e. The van der Waals surface area contributed by atoms with Crippen molar-refractivity contribution >= 4 is 16.6 Å². The molecule has 96 valence electrons. The normalized spacial score (nSPS) is 11.7. The number of benzene rings is 1.